The predicted molar refractivity (Wildman–Crippen MR) is 182 cm³/mol. The van der Waals surface area contributed by atoms with Gasteiger partial charge in [0.1, 0.15) is 22.2 Å². The Morgan fingerprint density at radius 1 is 0.902 bits per heavy atom. The normalized spacial score (nSPS) is 14.5. The van der Waals surface area contributed by atoms with E-state index in [9.17, 15) is 4.79 Å². The zero-order chi connectivity index (χ0) is 29.5. The number of ketones is 1. The number of hydrogen-bond acceptors (Lipinski definition) is 5. The second kappa shape index (κ2) is 11.5. The first-order chi connectivity index (χ1) is 19.4. The van der Waals surface area contributed by atoms with Crippen LogP contribution in [0.2, 0.25) is 39.3 Å². The molecule has 0 atom stereocenters. The number of likely N-dealkylation sites (tertiary alicyclic amines) is 1. The highest BCUT2D eigenvalue weighted by atomic mass is 32.1. The summed E-state index contributed by atoms with van der Waals surface area (Å²) in [6, 6.07) is 21.4. The Bertz CT molecular complexity index is 1540. The molecule has 0 radical (unpaired) electrons. The van der Waals surface area contributed by atoms with Crippen LogP contribution >= 0.6 is 11.3 Å². The Labute approximate surface area is 252 Å². The highest BCUT2D eigenvalue weighted by molar-refractivity contribution is 7.22. The standard InChI is InChI=1S/C34H44N2O2SSi2/c1-24-11-18-29-31(21-24)39-34(25-14-16-28(17-15-25)36(40(3,4)5)41(6,7)8)32(29)33(37)26-12-13-27(30(22-26)38-2)23-35-19-9-10-20-35/h11-18,21-22H,9-10,19-20,23H2,1-8H3. The van der Waals surface area contributed by atoms with Crippen LogP contribution in [0.25, 0.3) is 20.5 Å². The fourth-order valence-corrected chi connectivity index (χ4v) is 17.7. The van der Waals surface area contributed by atoms with Crippen LogP contribution in [-0.2, 0) is 6.54 Å². The molecule has 0 N–H and O–H groups in total. The quantitative estimate of drug-likeness (QED) is 0.142. The van der Waals surface area contributed by atoms with Gasteiger partial charge in [-0.1, -0.05) is 75.7 Å². The van der Waals surface area contributed by atoms with E-state index in [1.54, 1.807) is 18.4 Å². The Balaban J connectivity index is 1.56. The summed E-state index contributed by atoms with van der Waals surface area (Å²) in [6.45, 7) is 19.8. The number of carbonyl (C=O) groups excluding carboxylic acids is 1. The average molecular weight is 601 g/mol. The summed E-state index contributed by atoms with van der Waals surface area (Å²) in [5, 5.41) is 1.02. The van der Waals surface area contributed by atoms with Crippen LogP contribution in [0.4, 0.5) is 5.69 Å². The summed E-state index contributed by atoms with van der Waals surface area (Å²) in [5.74, 6) is 0.845. The third kappa shape index (κ3) is 6.23. The summed E-state index contributed by atoms with van der Waals surface area (Å²) in [4.78, 5) is 17.8. The number of fused-ring (bicyclic) bond motifs is 1. The zero-order valence-electron chi connectivity index (χ0n) is 25.9. The number of thiophene rings is 1. The van der Waals surface area contributed by atoms with Crippen LogP contribution in [0.1, 0.15) is 39.9 Å². The topological polar surface area (TPSA) is 32.8 Å². The van der Waals surface area contributed by atoms with Crippen molar-refractivity contribution in [2.45, 2.75) is 65.6 Å². The van der Waals surface area contributed by atoms with E-state index >= 15 is 0 Å². The van der Waals surface area contributed by atoms with Crippen LogP contribution in [0.3, 0.4) is 0 Å². The molecule has 0 amide bonds. The summed E-state index contributed by atoms with van der Waals surface area (Å²) < 4.78 is 9.68. The van der Waals surface area contributed by atoms with Gasteiger partial charge in [-0.25, -0.2) is 0 Å². The van der Waals surface area contributed by atoms with E-state index < -0.39 is 16.5 Å². The molecule has 216 valence electrons. The molecule has 0 aliphatic carbocycles. The van der Waals surface area contributed by atoms with Gasteiger partial charge >= 0.3 is 0 Å². The summed E-state index contributed by atoms with van der Waals surface area (Å²) in [5.41, 5.74) is 6.21. The molecular weight excluding hydrogens is 557 g/mol. The largest absolute Gasteiger partial charge is 0.496 e. The molecule has 1 aromatic heterocycles. The van der Waals surface area contributed by atoms with Crippen molar-refractivity contribution in [2.24, 2.45) is 0 Å². The number of hydrogen-bond donors (Lipinski definition) is 0. The molecule has 1 aliphatic heterocycles. The van der Waals surface area contributed by atoms with Gasteiger partial charge < -0.3 is 8.97 Å². The highest BCUT2D eigenvalue weighted by Gasteiger charge is 2.34. The molecule has 7 heteroatoms. The van der Waals surface area contributed by atoms with E-state index in [-0.39, 0.29) is 5.78 Å². The third-order valence-electron chi connectivity index (χ3n) is 7.94. The Morgan fingerprint density at radius 3 is 2.17 bits per heavy atom. The number of anilines is 1. The van der Waals surface area contributed by atoms with Crippen LogP contribution in [0.15, 0.2) is 60.7 Å². The maximum absolute atomic E-state index is 14.3. The van der Waals surface area contributed by atoms with Crippen molar-refractivity contribution in [1.82, 2.24) is 4.90 Å². The lowest BCUT2D eigenvalue weighted by Crippen LogP contribution is -2.59. The first kappa shape index (κ1) is 29.8. The minimum absolute atomic E-state index is 0.0519. The Kier molecular flexibility index (Phi) is 8.36. The maximum atomic E-state index is 14.3. The average Bonchev–Trinajstić information content (AvgIpc) is 3.55. The molecule has 1 saturated heterocycles. The van der Waals surface area contributed by atoms with E-state index in [1.165, 1.54) is 24.1 Å². The Morgan fingerprint density at radius 2 is 1.56 bits per heavy atom. The van der Waals surface area contributed by atoms with Crippen molar-refractivity contribution < 1.29 is 9.53 Å². The van der Waals surface area contributed by atoms with E-state index in [2.05, 4.69) is 104 Å². The molecule has 1 aliphatic rings. The number of rotatable bonds is 9. The first-order valence-corrected chi connectivity index (χ1v) is 22.5. The molecule has 0 unspecified atom stereocenters. The summed E-state index contributed by atoms with van der Waals surface area (Å²) >= 11 is 1.72. The van der Waals surface area contributed by atoms with Crippen LogP contribution in [-0.4, -0.2) is 47.4 Å². The smallest absolute Gasteiger partial charge is 0.195 e. The second-order valence-corrected chi connectivity index (χ2v) is 24.4. The number of aryl methyl sites for hydroxylation is 1. The summed E-state index contributed by atoms with van der Waals surface area (Å²) in [6.07, 6.45) is 2.50. The van der Waals surface area contributed by atoms with Gasteiger partial charge in [-0.15, -0.1) is 11.3 Å². The van der Waals surface area contributed by atoms with Gasteiger partial charge in [-0.2, -0.15) is 0 Å². The lowest BCUT2D eigenvalue weighted by atomic mass is 9.96. The molecule has 0 spiro atoms. The molecule has 3 aromatic carbocycles. The number of ether oxygens (including phenoxy) is 1. The van der Waals surface area contributed by atoms with Crippen LogP contribution < -0.4 is 8.97 Å². The fraction of sp³-hybridized carbons (Fsp3) is 0.382. The first-order valence-electron chi connectivity index (χ1n) is 14.7. The van der Waals surface area contributed by atoms with Gasteiger partial charge in [-0.3, -0.25) is 9.69 Å². The van der Waals surface area contributed by atoms with E-state index in [1.807, 2.05) is 12.1 Å². The molecule has 1 fully saturated rings. The third-order valence-corrected chi connectivity index (χ3v) is 16.4. The van der Waals surface area contributed by atoms with Gasteiger partial charge in [0.05, 0.1) is 7.11 Å². The zero-order valence-corrected chi connectivity index (χ0v) is 28.7. The number of carbonyl (C=O) groups is 1. The van der Waals surface area contributed by atoms with E-state index in [0.29, 0.717) is 5.56 Å². The molecule has 4 aromatic rings. The van der Waals surface area contributed by atoms with Crippen LogP contribution in [0, 0.1) is 6.92 Å². The minimum atomic E-state index is -1.56. The lowest BCUT2D eigenvalue weighted by Gasteiger charge is -2.46. The summed E-state index contributed by atoms with van der Waals surface area (Å²) in [7, 11) is -1.42. The van der Waals surface area contributed by atoms with Crippen LogP contribution in [0.5, 0.6) is 5.75 Å². The number of nitrogens with zero attached hydrogens (tertiary/aromatic N) is 2. The van der Waals surface area contributed by atoms with E-state index in [0.717, 1.165) is 57.0 Å². The highest BCUT2D eigenvalue weighted by Crippen LogP contribution is 2.42. The fourth-order valence-electron chi connectivity index (χ4n) is 6.52. The maximum Gasteiger partial charge on any atom is 0.195 e. The molecular formula is C34H44N2O2SSi2. The predicted octanol–water partition coefficient (Wildman–Crippen LogP) is 9.19. The van der Waals surface area contributed by atoms with Gasteiger partial charge in [0.25, 0.3) is 0 Å². The van der Waals surface area contributed by atoms with E-state index in [4.69, 9.17) is 4.74 Å². The molecule has 2 heterocycles. The minimum Gasteiger partial charge on any atom is -0.496 e. The lowest BCUT2D eigenvalue weighted by molar-refractivity contribution is 0.104. The second-order valence-electron chi connectivity index (χ2n) is 13.4. The van der Waals surface area contributed by atoms with Crippen molar-refractivity contribution in [3.8, 4) is 16.2 Å². The van der Waals surface area contributed by atoms with Crippen molar-refractivity contribution in [3.05, 3.63) is 82.9 Å². The van der Waals surface area contributed by atoms with Gasteiger partial charge in [0.2, 0.25) is 0 Å². The number of benzene rings is 3. The Hall–Kier alpha value is -2.72. The number of methoxy groups -OCH3 is 1. The molecule has 41 heavy (non-hydrogen) atoms. The van der Waals surface area contributed by atoms with Crippen molar-refractivity contribution in [1.29, 1.82) is 0 Å². The molecule has 4 nitrogen and oxygen atoms in total. The van der Waals surface area contributed by atoms with Gasteiger partial charge in [0, 0.05) is 43.9 Å². The SMILES string of the molecule is COc1cc(C(=O)c2c(-c3ccc(N([Si](C)(C)C)[Si](C)(C)C)cc3)sc3cc(C)ccc23)ccc1CN1CCCC1. The molecule has 5 rings (SSSR count). The monoisotopic (exact) mass is 600 g/mol. The van der Waals surface area contributed by atoms with Crippen molar-refractivity contribution in [2.75, 3.05) is 24.4 Å². The molecule has 0 bridgehead atoms. The van der Waals surface area contributed by atoms with Crippen molar-refractivity contribution in [3.63, 3.8) is 0 Å². The van der Waals surface area contributed by atoms with Crippen molar-refractivity contribution >= 4 is 49.4 Å². The van der Waals surface area contributed by atoms with Gasteiger partial charge in [-0.05, 0) is 68.2 Å². The molecule has 0 saturated carbocycles. The van der Waals surface area contributed by atoms with Gasteiger partial charge in [0.15, 0.2) is 5.78 Å².